The van der Waals surface area contributed by atoms with Crippen molar-refractivity contribution in [1.82, 2.24) is 0 Å². The second-order valence-corrected chi connectivity index (χ2v) is 6.35. The van der Waals surface area contributed by atoms with Crippen LogP contribution >= 0.6 is 0 Å². The zero-order chi connectivity index (χ0) is 11.9. The highest BCUT2D eigenvalue weighted by Gasteiger charge is 2.47. The molecule has 4 heteroatoms. The van der Waals surface area contributed by atoms with Gasteiger partial charge in [-0.1, -0.05) is 31.2 Å². The van der Waals surface area contributed by atoms with E-state index >= 15 is 0 Å². The Labute approximate surface area is 99.5 Å². The first-order chi connectivity index (χ1) is 7.79. The summed E-state index contributed by atoms with van der Waals surface area (Å²) in [4.78, 5) is 0. The normalized spacial score (nSPS) is 16.2. The van der Waals surface area contributed by atoms with Gasteiger partial charge >= 0.3 is 8.80 Å². The van der Waals surface area contributed by atoms with Gasteiger partial charge in [-0.3, -0.25) is 0 Å². The summed E-state index contributed by atoms with van der Waals surface area (Å²) in [6.45, 7) is 8.03. The van der Waals surface area contributed by atoms with Crippen LogP contribution in [0.25, 0.3) is 0 Å². The summed E-state index contributed by atoms with van der Waals surface area (Å²) in [7, 11) is -2.56. The number of hydrogen-bond acceptors (Lipinski definition) is 3. The molecule has 0 aromatic carbocycles. The summed E-state index contributed by atoms with van der Waals surface area (Å²) in [6, 6.07) is 0. The molecule has 0 saturated heterocycles. The average Bonchev–Trinajstić information content (AvgIpc) is 2.80. The monoisotopic (exact) mass is 242 g/mol. The standard InChI is InChI=1S/C12H22O3Si/c1-4-11-15-16(13-5-2,14-6-3)12-9-7-8-10-12/h7-10,12H,4-6,11H2,1-3H3. The molecule has 0 unspecified atom stereocenters. The molecule has 0 radical (unpaired) electrons. The van der Waals surface area contributed by atoms with Gasteiger partial charge in [-0.2, -0.15) is 0 Å². The molecule has 0 saturated carbocycles. The Balaban J connectivity index is 2.76. The van der Waals surface area contributed by atoms with Crippen LogP contribution in [0.2, 0.25) is 5.54 Å². The maximum Gasteiger partial charge on any atom is 0.512 e. The van der Waals surface area contributed by atoms with Crippen LogP contribution in [-0.4, -0.2) is 28.6 Å². The predicted molar refractivity (Wildman–Crippen MR) is 67.3 cm³/mol. The molecule has 1 rings (SSSR count). The lowest BCUT2D eigenvalue weighted by Gasteiger charge is -2.32. The van der Waals surface area contributed by atoms with Crippen LogP contribution in [0, 0.1) is 0 Å². The Morgan fingerprint density at radius 3 is 1.94 bits per heavy atom. The van der Waals surface area contributed by atoms with Crippen molar-refractivity contribution in [2.75, 3.05) is 19.8 Å². The Kier molecular flexibility index (Phi) is 5.98. The van der Waals surface area contributed by atoms with E-state index in [1.54, 1.807) is 0 Å². The molecule has 0 bridgehead atoms. The van der Waals surface area contributed by atoms with Gasteiger partial charge in [0.1, 0.15) is 0 Å². The topological polar surface area (TPSA) is 27.7 Å². The van der Waals surface area contributed by atoms with Crippen LogP contribution in [0.5, 0.6) is 0 Å². The number of allylic oxidation sites excluding steroid dienone is 4. The maximum atomic E-state index is 5.94. The third-order valence-electron chi connectivity index (χ3n) is 2.35. The third kappa shape index (κ3) is 3.28. The van der Waals surface area contributed by atoms with Crippen molar-refractivity contribution in [2.24, 2.45) is 0 Å². The summed E-state index contributed by atoms with van der Waals surface area (Å²) in [5.41, 5.74) is 0.180. The van der Waals surface area contributed by atoms with Crippen LogP contribution in [0.1, 0.15) is 27.2 Å². The lowest BCUT2D eigenvalue weighted by molar-refractivity contribution is 0.0650. The molecule has 1 aliphatic carbocycles. The van der Waals surface area contributed by atoms with Crippen molar-refractivity contribution in [1.29, 1.82) is 0 Å². The van der Waals surface area contributed by atoms with Crippen molar-refractivity contribution in [2.45, 2.75) is 32.7 Å². The van der Waals surface area contributed by atoms with Crippen molar-refractivity contribution in [3.63, 3.8) is 0 Å². The summed E-state index contributed by atoms with van der Waals surface area (Å²) < 4.78 is 17.6. The largest absolute Gasteiger partial charge is 0.512 e. The molecule has 0 heterocycles. The van der Waals surface area contributed by atoms with Crippen LogP contribution in [0.3, 0.4) is 0 Å². The molecular weight excluding hydrogens is 220 g/mol. The Hall–Kier alpha value is -0.423. The van der Waals surface area contributed by atoms with Gasteiger partial charge < -0.3 is 13.3 Å². The Morgan fingerprint density at radius 2 is 1.50 bits per heavy atom. The van der Waals surface area contributed by atoms with Gasteiger partial charge in [0.15, 0.2) is 0 Å². The van der Waals surface area contributed by atoms with Crippen molar-refractivity contribution in [3.8, 4) is 0 Å². The van der Waals surface area contributed by atoms with E-state index in [-0.39, 0.29) is 5.54 Å². The molecule has 0 N–H and O–H groups in total. The van der Waals surface area contributed by atoms with E-state index in [0.717, 1.165) is 6.42 Å². The molecule has 3 nitrogen and oxygen atoms in total. The minimum absolute atomic E-state index is 0.180. The molecule has 0 aromatic rings. The average molecular weight is 242 g/mol. The van der Waals surface area contributed by atoms with Crippen LogP contribution in [0.15, 0.2) is 24.3 Å². The zero-order valence-corrected chi connectivity index (χ0v) is 11.4. The van der Waals surface area contributed by atoms with Gasteiger partial charge in [0.25, 0.3) is 0 Å². The van der Waals surface area contributed by atoms with E-state index in [9.17, 15) is 0 Å². The quantitative estimate of drug-likeness (QED) is 0.613. The third-order valence-corrected chi connectivity index (χ3v) is 5.54. The van der Waals surface area contributed by atoms with Crippen LogP contribution in [0.4, 0.5) is 0 Å². The molecule has 0 aliphatic heterocycles. The molecule has 0 fully saturated rings. The summed E-state index contributed by atoms with van der Waals surface area (Å²) >= 11 is 0. The van der Waals surface area contributed by atoms with Gasteiger partial charge in [-0.05, 0) is 20.3 Å². The fraction of sp³-hybridized carbons (Fsp3) is 0.667. The first kappa shape index (κ1) is 13.6. The van der Waals surface area contributed by atoms with Gasteiger partial charge in [0, 0.05) is 19.8 Å². The first-order valence-electron chi connectivity index (χ1n) is 6.06. The van der Waals surface area contributed by atoms with E-state index in [1.807, 2.05) is 26.0 Å². The van der Waals surface area contributed by atoms with Gasteiger partial charge in [0.2, 0.25) is 0 Å². The number of rotatable bonds is 8. The van der Waals surface area contributed by atoms with E-state index < -0.39 is 8.80 Å². The molecule has 0 aromatic heterocycles. The van der Waals surface area contributed by atoms with Gasteiger partial charge in [0.05, 0.1) is 5.54 Å². The molecule has 0 amide bonds. The second-order valence-electron chi connectivity index (χ2n) is 3.61. The minimum atomic E-state index is -2.56. The highest BCUT2D eigenvalue weighted by atomic mass is 28.4. The van der Waals surface area contributed by atoms with Gasteiger partial charge in [-0.25, -0.2) is 0 Å². The molecule has 92 valence electrons. The molecule has 0 spiro atoms. The number of hydrogen-bond donors (Lipinski definition) is 0. The van der Waals surface area contributed by atoms with E-state index in [1.165, 1.54) is 0 Å². The lowest BCUT2D eigenvalue weighted by atomic mass is 10.5. The molecule has 16 heavy (non-hydrogen) atoms. The first-order valence-corrected chi connectivity index (χ1v) is 7.86. The minimum Gasteiger partial charge on any atom is -0.373 e. The van der Waals surface area contributed by atoms with E-state index in [2.05, 4.69) is 19.1 Å². The molecular formula is C12H22O3Si. The second kappa shape index (κ2) is 7.01. The van der Waals surface area contributed by atoms with Crippen LogP contribution in [-0.2, 0) is 13.3 Å². The molecule has 0 atom stereocenters. The van der Waals surface area contributed by atoms with E-state index in [4.69, 9.17) is 13.3 Å². The summed E-state index contributed by atoms with van der Waals surface area (Å²) in [5.74, 6) is 0. The maximum absolute atomic E-state index is 5.94. The highest BCUT2D eigenvalue weighted by Crippen LogP contribution is 2.31. The smallest absolute Gasteiger partial charge is 0.373 e. The van der Waals surface area contributed by atoms with E-state index in [0.29, 0.717) is 19.8 Å². The summed E-state index contributed by atoms with van der Waals surface area (Å²) in [6.07, 6.45) is 9.25. The zero-order valence-electron chi connectivity index (χ0n) is 10.4. The lowest BCUT2D eigenvalue weighted by Crippen LogP contribution is -2.49. The molecule has 1 aliphatic rings. The van der Waals surface area contributed by atoms with Crippen molar-refractivity contribution in [3.05, 3.63) is 24.3 Å². The predicted octanol–water partition coefficient (Wildman–Crippen LogP) is 2.92. The SMILES string of the molecule is CCCO[Si](OCC)(OCC)C1C=CC=C1. The fourth-order valence-electron chi connectivity index (χ4n) is 1.73. The Bertz CT molecular complexity index is 233. The van der Waals surface area contributed by atoms with Gasteiger partial charge in [-0.15, -0.1) is 0 Å². The highest BCUT2D eigenvalue weighted by molar-refractivity contribution is 6.63. The fourth-order valence-corrected chi connectivity index (χ4v) is 4.54. The van der Waals surface area contributed by atoms with Crippen molar-refractivity contribution < 1.29 is 13.3 Å². The van der Waals surface area contributed by atoms with Crippen molar-refractivity contribution >= 4 is 8.80 Å². The Morgan fingerprint density at radius 1 is 0.938 bits per heavy atom. The summed E-state index contributed by atoms with van der Waals surface area (Å²) in [5, 5.41) is 0. The van der Waals surface area contributed by atoms with Crippen LogP contribution < -0.4 is 0 Å².